The molecule has 0 saturated heterocycles. The molecule has 1 aliphatic carbocycles. The lowest BCUT2D eigenvalue weighted by molar-refractivity contribution is -0.153. The van der Waals surface area contributed by atoms with Crippen molar-refractivity contribution in [2.75, 3.05) is 6.61 Å². The molecule has 5 nitrogen and oxygen atoms in total. The zero-order valence-corrected chi connectivity index (χ0v) is 15.7. The molecule has 2 aromatic heterocycles. The van der Waals surface area contributed by atoms with Gasteiger partial charge < -0.3 is 15.0 Å². The maximum atomic E-state index is 12.6. The molecule has 1 aliphatic rings. The molecule has 1 amide bonds. The number of rotatable bonds is 6. The maximum Gasteiger partial charge on any atom is 0.422 e. The summed E-state index contributed by atoms with van der Waals surface area (Å²) in [5, 5.41) is 4.08. The molecule has 0 radical (unpaired) electrons. The zero-order valence-electron chi connectivity index (χ0n) is 15.7. The van der Waals surface area contributed by atoms with Crippen molar-refractivity contribution in [1.29, 1.82) is 0 Å². The van der Waals surface area contributed by atoms with E-state index in [4.69, 9.17) is 0 Å². The molecule has 2 N–H and O–H groups in total. The number of nitrogens with zero attached hydrogens (tertiary/aromatic N) is 1. The van der Waals surface area contributed by atoms with Gasteiger partial charge in [-0.1, -0.05) is 12.1 Å². The number of hydrogen-bond acceptors (Lipinski definition) is 3. The van der Waals surface area contributed by atoms with Gasteiger partial charge in [0, 0.05) is 23.0 Å². The van der Waals surface area contributed by atoms with Crippen molar-refractivity contribution in [2.45, 2.75) is 31.5 Å². The number of fused-ring (bicyclic) bond motifs is 1. The van der Waals surface area contributed by atoms with Crippen LogP contribution in [-0.4, -0.2) is 28.7 Å². The summed E-state index contributed by atoms with van der Waals surface area (Å²) in [7, 11) is 0. The third kappa shape index (κ3) is 4.36. The lowest BCUT2D eigenvalue weighted by Crippen LogP contribution is -2.29. The van der Waals surface area contributed by atoms with Crippen molar-refractivity contribution in [2.24, 2.45) is 5.92 Å². The number of benzene rings is 1. The Labute approximate surface area is 165 Å². The Balaban J connectivity index is 1.35. The van der Waals surface area contributed by atoms with Crippen molar-refractivity contribution >= 4 is 16.8 Å². The van der Waals surface area contributed by atoms with Crippen LogP contribution < -0.4 is 10.1 Å². The average Bonchev–Trinajstić information content (AvgIpc) is 3.34. The third-order valence-electron chi connectivity index (χ3n) is 5.12. The van der Waals surface area contributed by atoms with Gasteiger partial charge in [-0.2, -0.15) is 13.2 Å². The maximum absolute atomic E-state index is 12.6. The Morgan fingerprint density at radius 1 is 1.31 bits per heavy atom. The highest BCUT2D eigenvalue weighted by Gasteiger charge is 2.45. The van der Waals surface area contributed by atoms with Crippen LogP contribution in [0.3, 0.4) is 0 Å². The highest BCUT2D eigenvalue weighted by Crippen LogP contribution is 2.49. The largest absolute Gasteiger partial charge is 0.483 e. The topological polar surface area (TPSA) is 67.0 Å². The highest BCUT2D eigenvalue weighted by molar-refractivity contribution is 5.88. The number of aromatic amines is 1. The lowest BCUT2D eigenvalue weighted by atomic mass is 10.0. The summed E-state index contributed by atoms with van der Waals surface area (Å²) in [5.74, 6) is 0.0841. The van der Waals surface area contributed by atoms with Crippen LogP contribution in [0.5, 0.6) is 5.75 Å². The molecule has 1 saturated carbocycles. The average molecular weight is 403 g/mol. The number of nitrogens with one attached hydrogen (secondary N) is 2. The van der Waals surface area contributed by atoms with Gasteiger partial charge in [0.25, 0.3) is 0 Å². The van der Waals surface area contributed by atoms with E-state index in [1.54, 1.807) is 13.0 Å². The van der Waals surface area contributed by atoms with E-state index in [9.17, 15) is 18.0 Å². The van der Waals surface area contributed by atoms with Crippen LogP contribution in [0.2, 0.25) is 0 Å². The molecular weight excluding hydrogens is 383 g/mol. The van der Waals surface area contributed by atoms with Crippen LogP contribution in [0.4, 0.5) is 13.2 Å². The first-order chi connectivity index (χ1) is 13.8. The Bertz CT molecular complexity index is 1010. The molecule has 2 heterocycles. The predicted molar refractivity (Wildman–Crippen MR) is 101 cm³/mol. The summed E-state index contributed by atoms with van der Waals surface area (Å²) in [5.41, 5.74) is 2.78. The number of carbonyl (C=O) groups excluding carboxylic acids is 1. The first kappa shape index (κ1) is 19.3. The summed E-state index contributed by atoms with van der Waals surface area (Å²) in [4.78, 5) is 19.9. The number of amides is 1. The van der Waals surface area contributed by atoms with Gasteiger partial charge in [0.2, 0.25) is 5.91 Å². The minimum absolute atomic E-state index is 0.0338. The fraction of sp³-hybridized carbons (Fsp3) is 0.333. The van der Waals surface area contributed by atoms with Gasteiger partial charge in [-0.05, 0) is 49.1 Å². The number of ether oxygens (including phenoxy) is 1. The molecule has 152 valence electrons. The van der Waals surface area contributed by atoms with Crippen molar-refractivity contribution in [3.63, 3.8) is 0 Å². The van der Waals surface area contributed by atoms with E-state index in [0.717, 1.165) is 17.3 Å². The second-order valence-electron chi connectivity index (χ2n) is 7.29. The van der Waals surface area contributed by atoms with Gasteiger partial charge in [0.05, 0.1) is 17.9 Å². The summed E-state index contributed by atoms with van der Waals surface area (Å²) < 4.78 is 41.3. The number of carbonyl (C=O) groups is 1. The number of H-pyrrole nitrogens is 1. The van der Waals surface area contributed by atoms with E-state index < -0.39 is 12.8 Å². The Kier molecular flexibility index (Phi) is 4.94. The molecule has 8 heteroatoms. The number of hydrogen-bond donors (Lipinski definition) is 2. The van der Waals surface area contributed by atoms with Crippen molar-refractivity contribution < 1.29 is 22.7 Å². The van der Waals surface area contributed by atoms with Crippen molar-refractivity contribution in [3.05, 3.63) is 60.0 Å². The molecule has 0 aliphatic heterocycles. The molecule has 1 fully saturated rings. The first-order valence-electron chi connectivity index (χ1n) is 9.34. The van der Waals surface area contributed by atoms with Gasteiger partial charge in [-0.15, -0.1) is 0 Å². The first-order valence-corrected chi connectivity index (χ1v) is 9.34. The monoisotopic (exact) mass is 403 g/mol. The van der Waals surface area contributed by atoms with Crippen LogP contribution in [0, 0.1) is 5.92 Å². The van der Waals surface area contributed by atoms with Crippen LogP contribution in [-0.2, 0) is 4.79 Å². The molecule has 4 rings (SSSR count). The van der Waals surface area contributed by atoms with E-state index in [1.807, 2.05) is 24.4 Å². The minimum atomic E-state index is -4.40. The number of alkyl halides is 3. The van der Waals surface area contributed by atoms with E-state index in [0.29, 0.717) is 5.69 Å². The second kappa shape index (κ2) is 7.42. The predicted octanol–water partition coefficient (Wildman–Crippen LogP) is 4.48. The molecule has 3 atom stereocenters. The lowest BCUT2D eigenvalue weighted by Gasteiger charge is -2.14. The van der Waals surface area contributed by atoms with Gasteiger partial charge in [0.1, 0.15) is 5.75 Å². The standard InChI is InChI=1S/C21H20F3N3O2/c1-12(18-6-5-13(10-26-18)29-11-21(22,23)24)27-20(28)17-9-16(17)14-3-2-4-19-15(14)7-8-25-19/h2-8,10,12,16-17,25H,9,11H2,1H3,(H,27,28)/t12-,16+,17-/m1/s1. The summed E-state index contributed by atoms with van der Waals surface area (Å²) in [6.07, 6.45) is -0.482. The molecular formula is C21H20F3N3O2. The number of halogens is 3. The minimum Gasteiger partial charge on any atom is -0.483 e. The summed E-state index contributed by atoms with van der Waals surface area (Å²) >= 11 is 0. The Hall–Kier alpha value is -3.03. The molecule has 0 bridgehead atoms. The molecule has 1 aromatic carbocycles. The summed E-state index contributed by atoms with van der Waals surface area (Å²) in [6.45, 7) is 0.429. The van der Waals surface area contributed by atoms with Gasteiger partial charge in [-0.25, -0.2) is 0 Å². The van der Waals surface area contributed by atoms with E-state index in [-0.39, 0.29) is 29.5 Å². The van der Waals surface area contributed by atoms with Crippen LogP contribution in [0.15, 0.2) is 48.8 Å². The normalized spacial score (nSPS) is 19.7. The fourth-order valence-electron chi connectivity index (χ4n) is 3.55. The zero-order chi connectivity index (χ0) is 20.6. The van der Waals surface area contributed by atoms with Gasteiger partial charge >= 0.3 is 6.18 Å². The third-order valence-corrected chi connectivity index (χ3v) is 5.12. The fourth-order valence-corrected chi connectivity index (χ4v) is 3.55. The molecule has 0 unspecified atom stereocenters. The smallest absolute Gasteiger partial charge is 0.422 e. The van der Waals surface area contributed by atoms with Crippen LogP contribution in [0.1, 0.15) is 36.6 Å². The SMILES string of the molecule is C[C@@H](NC(=O)[C@@H]1C[C@H]1c1cccc2[nH]ccc12)c1ccc(OCC(F)(F)F)cn1. The van der Waals surface area contributed by atoms with Crippen LogP contribution in [0.25, 0.3) is 10.9 Å². The summed E-state index contributed by atoms with van der Waals surface area (Å²) in [6, 6.07) is 10.7. The molecule has 3 aromatic rings. The second-order valence-corrected chi connectivity index (χ2v) is 7.29. The Morgan fingerprint density at radius 3 is 2.86 bits per heavy atom. The van der Waals surface area contributed by atoms with E-state index in [1.165, 1.54) is 17.8 Å². The quantitative estimate of drug-likeness (QED) is 0.638. The van der Waals surface area contributed by atoms with Crippen LogP contribution >= 0.6 is 0 Å². The highest BCUT2D eigenvalue weighted by atomic mass is 19.4. The van der Waals surface area contributed by atoms with E-state index in [2.05, 4.69) is 26.1 Å². The van der Waals surface area contributed by atoms with Crippen molar-refractivity contribution in [1.82, 2.24) is 15.3 Å². The molecule has 0 spiro atoms. The van der Waals surface area contributed by atoms with Crippen molar-refractivity contribution in [3.8, 4) is 5.75 Å². The Morgan fingerprint density at radius 2 is 2.14 bits per heavy atom. The number of aromatic nitrogens is 2. The number of pyridine rings is 1. The van der Waals surface area contributed by atoms with Gasteiger partial charge in [0.15, 0.2) is 6.61 Å². The van der Waals surface area contributed by atoms with Gasteiger partial charge in [-0.3, -0.25) is 9.78 Å². The van der Waals surface area contributed by atoms with E-state index >= 15 is 0 Å². The molecule has 29 heavy (non-hydrogen) atoms.